The second-order valence-corrected chi connectivity index (χ2v) is 5.68. The van der Waals surface area contributed by atoms with Gasteiger partial charge < -0.3 is 5.11 Å². The van der Waals surface area contributed by atoms with Gasteiger partial charge in [0.2, 0.25) is 0 Å². The van der Waals surface area contributed by atoms with Crippen molar-refractivity contribution in [3.8, 4) is 6.07 Å². The predicted octanol–water partition coefficient (Wildman–Crippen LogP) is 4.50. The van der Waals surface area contributed by atoms with Gasteiger partial charge in [-0.3, -0.25) is 0 Å². The summed E-state index contributed by atoms with van der Waals surface area (Å²) in [6, 6.07) is 7.43. The Hall–Kier alpha value is -0.750. The summed E-state index contributed by atoms with van der Waals surface area (Å²) in [5.74, 6) is 0. The zero-order valence-electron chi connectivity index (χ0n) is 10.00. The molecule has 18 heavy (non-hydrogen) atoms. The molecule has 1 N–H and O–H groups in total. The van der Waals surface area contributed by atoms with Gasteiger partial charge in [0, 0.05) is 15.6 Å². The Morgan fingerprint density at radius 2 is 1.72 bits per heavy atom. The predicted molar refractivity (Wildman–Crippen MR) is 72.6 cm³/mol. The molecule has 1 aromatic carbocycles. The lowest BCUT2D eigenvalue weighted by atomic mass is 9.69. The maximum atomic E-state index is 10.6. The molecule has 1 aromatic rings. The van der Waals surface area contributed by atoms with Gasteiger partial charge in [-0.05, 0) is 25.0 Å². The van der Waals surface area contributed by atoms with Gasteiger partial charge >= 0.3 is 0 Å². The Bertz CT molecular complexity index is 455. The zero-order valence-corrected chi connectivity index (χ0v) is 11.5. The average molecular weight is 284 g/mol. The molecule has 0 bridgehead atoms. The van der Waals surface area contributed by atoms with Crippen LogP contribution in [0.4, 0.5) is 0 Å². The molecule has 0 aliphatic heterocycles. The third-order valence-electron chi connectivity index (χ3n) is 3.77. The van der Waals surface area contributed by atoms with E-state index < -0.39 is 11.5 Å². The van der Waals surface area contributed by atoms with E-state index in [2.05, 4.69) is 6.07 Å². The highest BCUT2D eigenvalue weighted by molar-refractivity contribution is 6.36. The van der Waals surface area contributed by atoms with Crippen molar-refractivity contribution in [1.82, 2.24) is 0 Å². The van der Waals surface area contributed by atoms with Crippen LogP contribution in [-0.4, -0.2) is 5.11 Å². The molecule has 1 fully saturated rings. The monoisotopic (exact) mass is 283 g/mol. The lowest BCUT2D eigenvalue weighted by Gasteiger charge is -2.35. The summed E-state index contributed by atoms with van der Waals surface area (Å²) in [6.07, 6.45) is 3.54. The van der Waals surface area contributed by atoms with Crippen LogP contribution in [0.25, 0.3) is 0 Å². The van der Waals surface area contributed by atoms with Crippen molar-refractivity contribution in [2.24, 2.45) is 5.41 Å². The topological polar surface area (TPSA) is 44.0 Å². The van der Waals surface area contributed by atoms with Crippen LogP contribution in [0.15, 0.2) is 18.2 Å². The summed E-state index contributed by atoms with van der Waals surface area (Å²) in [5, 5.41) is 20.9. The van der Waals surface area contributed by atoms with Crippen LogP contribution < -0.4 is 0 Å². The van der Waals surface area contributed by atoms with Gasteiger partial charge in [-0.1, -0.05) is 48.5 Å². The smallest absolute Gasteiger partial charge is 0.100 e. The molecule has 0 aromatic heterocycles. The molecule has 0 spiro atoms. The number of benzene rings is 1. The number of aliphatic hydroxyl groups is 1. The first kappa shape index (κ1) is 13.7. The second-order valence-electron chi connectivity index (χ2n) is 4.87. The third kappa shape index (κ3) is 2.36. The maximum Gasteiger partial charge on any atom is 0.100 e. The number of hydrogen-bond donors (Lipinski definition) is 1. The van der Waals surface area contributed by atoms with Crippen molar-refractivity contribution in [2.45, 2.75) is 38.2 Å². The molecule has 0 radical (unpaired) electrons. The Morgan fingerprint density at radius 1 is 1.17 bits per heavy atom. The molecule has 1 atom stereocenters. The fourth-order valence-electron chi connectivity index (χ4n) is 2.68. The number of aliphatic hydroxyl groups excluding tert-OH is 1. The van der Waals surface area contributed by atoms with Crippen molar-refractivity contribution < 1.29 is 5.11 Å². The van der Waals surface area contributed by atoms with Gasteiger partial charge in [-0.25, -0.2) is 0 Å². The van der Waals surface area contributed by atoms with Crippen LogP contribution in [0, 0.1) is 16.7 Å². The molecule has 0 amide bonds. The number of halogens is 2. The minimum atomic E-state index is -0.913. The molecule has 4 heteroatoms. The minimum absolute atomic E-state index is 0.426. The van der Waals surface area contributed by atoms with Gasteiger partial charge in [0.1, 0.15) is 6.10 Å². The van der Waals surface area contributed by atoms with Crippen LogP contribution in [-0.2, 0) is 0 Å². The summed E-state index contributed by atoms with van der Waals surface area (Å²) < 4.78 is 0. The number of nitrogens with zero attached hydrogens (tertiary/aromatic N) is 1. The molecule has 1 aliphatic carbocycles. The normalized spacial score (nSPS) is 20.1. The summed E-state index contributed by atoms with van der Waals surface area (Å²) >= 11 is 12.2. The van der Waals surface area contributed by atoms with Crippen LogP contribution in [0.3, 0.4) is 0 Å². The van der Waals surface area contributed by atoms with Gasteiger partial charge in [0.25, 0.3) is 0 Å². The van der Waals surface area contributed by atoms with Crippen molar-refractivity contribution >= 4 is 23.2 Å². The van der Waals surface area contributed by atoms with Crippen LogP contribution in [0.5, 0.6) is 0 Å². The lowest BCUT2D eigenvalue weighted by Crippen LogP contribution is -2.30. The molecule has 96 valence electrons. The summed E-state index contributed by atoms with van der Waals surface area (Å²) in [7, 11) is 0. The fraction of sp³-hybridized carbons (Fsp3) is 0.500. The van der Waals surface area contributed by atoms with Crippen molar-refractivity contribution in [2.75, 3.05) is 0 Å². The minimum Gasteiger partial charge on any atom is -0.387 e. The Morgan fingerprint density at radius 3 is 2.22 bits per heavy atom. The molecule has 1 aliphatic rings. The van der Waals surface area contributed by atoms with Crippen LogP contribution >= 0.6 is 23.2 Å². The van der Waals surface area contributed by atoms with Crippen molar-refractivity contribution in [3.63, 3.8) is 0 Å². The number of rotatable bonds is 2. The first-order valence-electron chi connectivity index (χ1n) is 6.14. The van der Waals surface area contributed by atoms with E-state index in [0.717, 1.165) is 19.3 Å². The first-order chi connectivity index (χ1) is 8.60. The molecule has 0 heterocycles. The second kappa shape index (κ2) is 5.48. The fourth-order valence-corrected chi connectivity index (χ4v) is 3.28. The van der Waals surface area contributed by atoms with E-state index in [1.54, 1.807) is 18.2 Å². The Kier molecular flexibility index (Phi) is 4.17. The van der Waals surface area contributed by atoms with Gasteiger partial charge in [0.05, 0.1) is 11.5 Å². The van der Waals surface area contributed by atoms with E-state index >= 15 is 0 Å². The molecular formula is C14H15Cl2NO. The number of nitriles is 1. The van der Waals surface area contributed by atoms with E-state index in [4.69, 9.17) is 23.2 Å². The van der Waals surface area contributed by atoms with Gasteiger partial charge in [0.15, 0.2) is 0 Å². The van der Waals surface area contributed by atoms with E-state index in [-0.39, 0.29) is 0 Å². The van der Waals surface area contributed by atoms with Crippen LogP contribution in [0.2, 0.25) is 10.0 Å². The standard InChI is InChI=1S/C14H15Cl2NO/c15-10-5-4-6-11(16)12(10)13(18)14(9-17)7-2-1-3-8-14/h4-6,13,18H,1-3,7-8H2. The van der Waals surface area contributed by atoms with E-state index in [9.17, 15) is 10.4 Å². The van der Waals surface area contributed by atoms with E-state index in [1.165, 1.54) is 0 Å². The molecule has 1 saturated carbocycles. The van der Waals surface area contributed by atoms with Crippen molar-refractivity contribution in [1.29, 1.82) is 5.26 Å². The molecule has 2 nitrogen and oxygen atoms in total. The highest BCUT2D eigenvalue weighted by Crippen LogP contribution is 2.48. The quantitative estimate of drug-likeness (QED) is 0.868. The van der Waals surface area contributed by atoms with E-state index in [1.807, 2.05) is 0 Å². The highest BCUT2D eigenvalue weighted by atomic mass is 35.5. The number of hydrogen-bond acceptors (Lipinski definition) is 2. The van der Waals surface area contributed by atoms with Crippen LogP contribution in [0.1, 0.15) is 43.8 Å². The summed E-state index contributed by atoms with van der Waals surface area (Å²) in [4.78, 5) is 0. The Labute approximate surface area is 117 Å². The first-order valence-corrected chi connectivity index (χ1v) is 6.89. The summed E-state index contributed by atoms with van der Waals surface area (Å²) in [6.45, 7) is 0. The van der Waals surface area contributed by atoms with Gasteiger partial charge in [-0.15, -0.1) is 0 Å². The molecule has 2 rings (SSSR count). The molecule has 0 saturated heterocycles. The summed E-state index contributed by atoms with van der Waals surface area (Å²) in [5.41, 5.74) is -0.253. The van der Waals surface area contributed by atoms with Gasteiger partial charge in [-0.2, -0.15) is 5.26 Å². The zero-order chi connectivity index (χ0) is 13.2. The third-order valence-corrected chi connectivity index (χ3v) is 4.42. The maximum absolute atomic E-state index is 10.6. The van der Waals surface area contributed by atoms with E-state index in [0.29, 0.717) is 28.5 Å². The largest absolute Gasteiger partial charge is 0.387 e. The lowest BCUT2D eigenvalue weighted by molar-refractivity contribution is 0.0361. The Balaban J connectivity index is 2.41. The molecule has 1 unspecified atom stereocenters. The van der Waals surface area contributed by atoms with Crippen molar-refractivity contribution in [3.05, 3.63) is 33.8 Å². The average Bonchev–Trinajstić information content (AvgIpc) is 2.39. The molecular weight excluding hydrogens is 269 g/mol. The SMILES string of the molecule is N#CC1(C(O)c2c(Cl)cccc2Cl)CCCCC1. The highest BCUT2D eigenvalue weighted by Gasteiger charge is 2.41.